The molecule has 3 unspecified atom stereocenters. The van der Waals surface area contributed by atoms with Crippen LogP contribution in [-0.4, -0.2) is 46.9 Å². The van der Waals surface area contributed by atoms with Gasteiger partial charge in [-0.25, -0.2) is 0 Å². The van der Waals surface area contributed by atoms with Crippen molar-refractivity contribution in [3.05, 3.63) is 97.2 Å². The van der Waals surface area contributed by atoms with Crippen LogP contribution in [0.15, 0.2) is 97.2 Å². The first kappa shape index (κ1) is 60.8. The number of nitrogens with one attached hydrogen (secondary N) is 1. The molecular formula is C58H99NO5. The minimum atomic E-state index is -0.820. The Kier molecular flexibility index (Phi) is 48.2. The lowest BCUT2D eigenvalue weighted by molar-refractivity contribution is -0.150. The van der Waals surface area contributed by atoms with E-state index in [4.69, 9.17) is 4.74 Å². The Morgan fingerprint density at radius 1 is 0.500 bits per heavy atom. The van der Waals surface area contributed by atoms with Gasteiger partial charge in [-0.15, -0.1) is 0 Å². The molecule has 0 aromatic heterocycles. The molecule has 6 heteroatoms. The fourth-order valence-corrected chi connectivity index (χ4v) is 7.45. The van der Waals surface area contributed by atoms with Crippen LogP contribution in [0.2, 0.25) is 0 Å². The van der Waals surface area contributed by atoms with Crippen LogP contribution in [0.25, 0.3) is 0 Å². The second-order valence-electron chi connectivity index (χ2n) is 17.6. The van der Waals surface area contributed by atoms with Crippen molar-refractivity contribution in [3.63, 3.8) is 0 Å². The van der Waals surface area contributed by atoms with Gasteiger partial charge in [-0.2, -0.15) is 0 Å². The number of hydrogen-bond donors (Lipinski definition) is 3. The predicted octanol–water partition coefficient (Wildman–Crippen LogP) is 16.1. The van der Waals surface area contributed by atoms with Crippen molar-refractivity contribution in [3.8, 4) is 0 Å². The second kappa shape index (κ2) is 50.8. The SMILES string of the molecule is CC/C=C\C/C=C\C/C=C\C/C=C\C/C=C\CC(CC(=O)NC(CO)C(O)CCCCCCCCCCCCCC)OC(=O)CCCCCCC/C=C/C=C/C=C/CCCCCCC. The fraction of sp³-hybridized carbons (Fsp3) is 0.690. The lowest BCUT2D eigenvalue weighted by atomic mass is 10.0. The fourth-order valence-electron chi connectivity index (χ4n) is 7.45. The van der Waals surface area contributed by atoms with Crippen molar-refractivity contribution in [2.75, 3.05) is 6.61 Å². The quantitative estimate of drug-likeness (QED) is 0.0245. The van der Waals surface area contributed by atoms with Crippen LogP contribution >= 0.6 is 0 Å². The molecule has 0 aromatic carbocycles. The Labute approximate surface area is 395 Å². The first-order valence-corrected chi connectivity index (χ1v) is 26.5. The van der Waals surface area contributed by atoms with Crippen LogP contribution in [0.1, 0.15) is 233 Å². The number of esters is 1. The topological polar surface area (TPSA) is 95.9 Å². The average Bonchev–Trinajstić information content (AvgIpc) is 3.29. The van der Waals surface area contributed by atoms with Gasteiger partial charge in [0.2, 0.25) is 5.91 Å². The van der Waals surface area contributed by atoms with Crippen LogP contribution in [0, 0.1) is 0 Å². The summed E-state index contributed by atoms with van der Waals surface area (Å²) < 4.78 is 5.87. The van der Waals surface area contributed by atoms with Crippen LogP contribution in [0.3, 0.4) is 0 Å². The molecule has 0 aliphatic carbocycles. The number of carbonyl (C=O) groups excluding carboxylic acids is 2. The number of ether oxygens (including phenoxy) is 1. The highest BCUT2D eigenvalue weighted by molar-refractivity contribution is 5.77. The molecule has 6 nitrogen and oxygen atoms in total. The van der Waals surface area contributed by atoms with Gasteiger partial charge < -0.3 is 20.3 Å². The summed E-state index contributed by atoms with van der Waals surface area (Å²) in [5, 5.41) is 23.7. The molecule has 0 aliphatic rings. The van der Waals surface area contributed by atoms with E-state index in [1.165, 1.54) is 89.9 Å². The van der Waals surface area contributed by atoms with Gasteiger partial charge in [0.05, 0.1) is 25.2 Å². The standard InChI is InChI=1S/C58H99NO5/c1-4-7-10-13-16-19-22-25-27-28-29-31-33-36-39-42-45-48-51-58(63)64-54(49-46-43-40-37-34-32-30-26-23-20-17-14-11-8-5-2)52-57(62)59-55(53-60)56(61)50-47-44-41-38-35-24-21-18-15-12-9-6-3/h8,11,17,20,22,25-31,34,37,43,46,54-56,60-61H,4-7,9-10,12-16,18-19,21,23-24,32-33,35-36,38-42,44-45,47-53H2,1-3H3,(H,59,62)/b11-8-,20-17-,25-22+,28-27+,30-26-,31-29+,37-34-,46-43-. The van der Waals surface area contributed by atoms with E-state index in [9.17, 15) is 19.8 Å². The third-order valence-electron chi connectivity index (χ3n) is 11.5. The normalized spacial score (nSPS) is 14.0. The van der Waals surface area contributed by atoms with Crippen molar-refractivity contribution in [2.24, 2.45) is 0 Å². The van der Waals surface area contributed by atoms with E-state index in [-0.39, 0.29) is 24.9 Å². The number of hydrogen-bond acceptors (Lipinski definition) is 5. The number of carbonyl (C=O) groups is 2. The zero-order valence-corrected chi connectivity index (χ0v) is 41.6. The number of unbranched alkanes of at least 4 members (excludes halogenated alkanes) is 21. The predicted molar refractivity (Wildman–Crippen MR) is 277 cm³/mol. The lowest BCUT2D eigenvalue weighted by Gasteiger charge is -2.24. The summed E-state index contributed by atoms with van der Waals surface area (Å²) in [5.74, 6) is -0.608. The molecule has 0 fully saturated rings. The first-order chi connectivity index (χ1) is 31.5. The Morgan fingerprint density at radius 2 is 0.922 bits per heavy atom. The van der Waals surface area contributed by atoms with Crippen molar-refractivity contribution >= 4 is 11.9 Å². The van der Waals surface area contributed by atoms with Crippen LogP contribution < -0.4 is 5.32 Å². The molecule has 0 radical (unpaired) electrons. The number of amides is 1. The maximum absolute atomic E-state index is 13.2. The number of allylic oxidation sites excluding steroid dienone is 15. The summed E-state index contributed by atoms with van der Waals surface area (Å²) in [5.41, 5.74) is 0. The van der Waals surface area contributed by atoms with Crippen molar-refractivity contribution in [1.29, 1.82) is 0 Å². The molecule has 64 heavy (non-hydrogen) atoms. The van der Waals surface area contributed by atoms with Gasteiger partial charge in [-0.1, -0.05) is 240 Å². The smallest absolute Gasteiger partial charge is 0.306 e. The zero-order valence-electron chi connectivity index (χ0n) is 41.6. The first-order valence-electron chi connectivity index (χ1n) is 26.5. The van der Waals surface area contributed by atoms with E-state index in [1.54, 1.807) is 0 Å². The summed E-state index contributed by atoms with van der Waals surface area (Å²) in [6, 6.07) is -0.742. The second-order valence-corrected chi connectivity index (χ2v) is 17.6. The molecule has 0 bridgehead atoms. The summed E-state index contributed by atoms with van der Waals surface area (Å²) in [7, 11) is 0. The van der Waals surface area contributed by atoms with Crippen LogP contribution in [-0.2, 0) is 14.3 Å². The Bertz CT molecular complexity index is 1270. The van der Waals surface area contributed by atoms with Gasteiger partial charge in [0.25, 0.3) is 0 Å². The molecule has 0 aliphatic heterocycles. The summed E-state index contributed by atoms with van der Waals surface area (Å²) in [4.78, 5) is 26.1. The largest absolute Gasteiger partial charge is 0.461 e. The minimum absolute atomic E-state index is 0.0139. The summed E-state index contributed by atoms with van der Waals surface area (Å²) >= 11 is 0. The summed E-state index contributed by atoms with van der Waals surface area (Å²) in [6.45, 7) is 6.31. The van der Waals surface area contributed by atoms with Crippen molar-refractivity contribution in [2.45, 2.75) is 251 Å². The number of aliphatic hydroxyl groups excluding tert-OH is 2. The molecule has 0 saturated carbocycles. The Balaban J connectivity index is 4.76. The van der Waals surface area contributed by atoms with Crippen molar-refractivity contribution in [1.82, 2.24) is 5.32 Å². The third kappa shape index (κ3) is 45.4. The van der Waals surface area contributed by atoms with E-state index in [2.05, 4.69) is 111 Å². The van der Waals surface area contributed by atoms with Gasteiger partial charge in [0, 0.05) is 12.8 Å². The molecule has 3 N–H and O–H groups in total. The van der Waals surface area contributed by atoms with Gasteiger partial charge in [0.15, 0.2) is 0 Å². The highest BCUT2D eigenvalue weighted by Gasteiger charge is 2.23. The maximum atomic E-state index is 13.2. The van der Waals surface area contributed by atoms with Gasteiger partial charge in [-0.05, 0) is 70.6 Å². The number of rotatable bonds is 46. The van der Waals surface area contributed by atoms with E-state index in [0.29, 0.717) is 19.3 Å². The van der Waals surface area contributed by atoms with Gasteiger partial charge >= 0.3 is 5.97 Å². The van der Waals surface area contributed by atoms with E-state index < -0.39 is 18.2 Å². The number of aliphatic hydroxyl groups is 2. The Morgan fingerprint density at radius 3 is 1.39 bits per heavy atom. The molecule has 366 valence electrons. The molecule has 0 saturated heterocycles. The molecule has 0 spiro atoms. The minimum Gasteiger partial charge on any atom is -0.461 e. The van der Waals surface area contributed by atoms with E-state index in [1.807, 2.05) is 12.2 Å². The molecule has 0 rings (SSSR count). The molecular weight excluding hydrogens is 791 g/mol. The van der Waals surface area contributed by atoms with Crippen LogP contribution in [0.4, 0.5) is 0 Å². The van der Waals surface area contributed by atoms with E-state index in [0.717, 1.165) is 96.3 Å². The highest BCUT2D eigenvalue weighted by Crippen LogP contribution is 2.16. The molecule has 1 amide bonds. The lowest BCUT2D eigenvalue weighted by Crippen LogP contribution is -2.46. The zero-order chi connectivity index (χ0) is 46.7. The van der Waals surface area contributed by atoms with Crippen molar-refractivity contribution < 1.29 is 24.5 Å². The highest BCUT2D eigenvalue weighted by atomic mass is 16.5. The third-order valence-corrected chi connectivity index (χ3v) is 11.5. The Hall–Kier alpha value is -3.22. The molecule has 0 heterocycles. The van der Waals surface area contributed by atoms with Crippen LogP contribution in [0.5, 0.6) is 0 Å². The monoisotopic (exact) mass is 890 g/mol. The van der Waals surface area contributed by atoms with E-state index >= 15 is 0 Å². The molecule has 3 atom stereocenters. The maximum Gasteiger partial charge on any atom is 0.306 e. The average molecular weight is 890 g/mol. The van der Waals surface area contributed by atoms with Gasteiger partial charge in [0.1, 0.15) is 6.10 Å². The molecule has 0 aromatic rings. The summed E-state index contributed by atoms with van der Waals surface area (Å²) in [6.07, 6.45) is 67.6. The van der Waals surface area contributed by atoms with Gasteiger partial charge in [-0.3, -0.25) is 9.59 Å².